The predicted molar refractivity (Wildman–Crippen MR) is 101 cm³/mol. The number of aryl methyl sites for hydroxylation is 2. The molecule has 1 N–H and O–H groups in total. The van der Waals surface area contributed by atoms with E-state index in [1.165, 1.54) is 16.8 Å². The number of rotatable bonds is 3. The number of hydrogen-bond donors (Lipinski definition) is 1. The first-order valence-corrected chi connectivity index (χ1v) is 8.44. The molecule has 1 aliphatic rings. The standard InChI is InChI=1S/C18H16N2OS2/c1-12-7-3-5-9-14(12)11-16-17(21)20(18(22)23-16)19-15-10-6-4-8-13(15)2/h3-11,19H,1-2H3. The summed E-state index contributed by atoms with van der Waals surface area (Å²) in [4.78, 5) is 13.3. The fraction of sp³-hybridized carbons (Fsp3) is 0.111. The minimum absolute atomic E-state index is 0.119. The van der Waals surface area contributed by atoms with Crippen LogP contribution in [0.3, 0.4) is 0 Å². The number of anilines is 1. The van der Waals surface area contributed by atoms with Gasteiger partial charge in [0.2, 0.25) is 0 Å². The van der Waals surface area contributed by atoms with Crippen molar-refractivity contribution >= 4 is 46.0 Å². The van der Waals surface area contributed by atoms with Crippen molar-refractivity contribution < 1.29 is 4.79 Å². The first-order valence-electron chi connectivity index (χ1n) is 7.22. The Balaban J connectivity index is 1.86. The molecule has 0 spiro atoms. The van der Waals surface area contributed by atoms with Gasteiger partial charge in [-0.1, -0.05) is 54.2 Å². The zero-order valence-corrected chi connectivity index (χ0v) is 14.5. The van der Waals surface area contributed by atoms with Crippen LogP contribution in [0.15, 0.2) is 53.4 Å². The fourth-order valence-electron chi connectivity index (χ4n) is 2.27. The van der Waals surface area contributed by atoms with Crippen molar-refractivity contribution in [3.05, 3.63) is 70.1 Å². The first-order chi connectivity index (χ1) is 11.1. The van der Waals surface area contributed by atoms with Gasteiger partial charge in [-0.05, 0) is 54.9 Å². The summed E-state index contributed by atoms with van der Waals surface area (Å²) in [7, 11) is 0. The number of carbonyl (C=O) groups is 1. The number of hydrazine groups is 1. The number of thioether (sulfide) groups is 1. The van der Waals surface area contributed by atoms with E-state index in [2.05, 4.69) is 5.43 Å². The van der Waals surface area contributed by atoms with E-state index in [1.54, 1.807) is 0 Å². The second-order valence-electron chi connectivity index (χ2n) is 5.30. The molecular formula is C18H16N2OS2. The molecule has 5 heteroatoms. The summed E-state index contributed by atoms with van der Waals surface area (Å²) in [6.07, 6.45) is 1.90. The second-order valence-corrected chi connectivity index (χ2v) is 6.98. The van der Waals surface area contributed by atoms with Gasteiger partial charge in [0.1, 0.15) is 0 Å². The summed E-state index contributed by atoms with van der Waals surface area (Å²) in [5, 5.41) is 1.44. The van der Waals surface area contributed by atoms with Crippen LogP contribution in [0.4, 0.5) is 5.69 Å². The van der Waals surface area contributed by atoms with Crippen LogP contribution in [-0.2, 0) is 4.79 Å². The molecule has 0 radical (unpaired) electrons. The van der Waals surface area contributed by atoms with Gasteiger partial charge >= 0.3 is 0 Å². The van der Waals surface area contributed by atoms with Crippen molar-refractivity contribution in [1.82, 2.24) is 5.01 Å². The van der Waals surface area contributed by atoms with Gasteiger partial charge in [0.15, 0.2) is 4.32 Å². The van der Waals surface area contributed by atoms with Crippen molar-refractivity contribution in [2.75, 3.05) is 5.43 Å². The third-order valence-electron chi connectivity index (χ3n) is 3.65. The topological polar surface area (TPSA) is 32.3 Å². The second kappa shape index (κ2) is 6.56. The largest absolute Gasteiger partial charge is 0.290 e. The van der Waals surface area contributed by atoms with Crippen LogP contribution in [0.2, 0.25) is 0 Å². The Morgan fingerprint density at radius 2 is 1.70 bits per heavy atom. The van der Waals surface area contributed by atoms with E-state index in [4.69, 9.17) is 12.2 Å². The molecule has 116 valence electrons. The molecule has 0 atom stereocenters. The Morgan fingerprint density at radius 3 is 2.39 bits per heavy atom. The number of thiocarbonyl (C=S) groups is 1. The molecule has 0 bridgehead atoms. The first kappa shape index (κ1) is 15.8. The number of nitrogens with zero attached hydrogens (tertiary/aromatic N) is 1. The smallest absolute Gasteiger partial charge is 0.285 e. The molecule has 3 rings (SSSR count). The summed E-state index contributed by atoms with van der Waals surface area (Å²) in [6, 6.07) is 15.8. The highest BCUT2D eigenvalue weighted by Crippen LogP contribution is 2.33. The van der Waals surface area contributed by atoms with Crippen molar-refractivity contribution in [1.29, 1.82) is 0 Å². The molecule has 0 aliphatic carbocycles. The summed E-state index contributed by atoms with van der Waals surface area (Å²) < 4.78 is 0.512. The molecule has 2 aromatic rings. The van der Waals surface area contributed by atoms with Crippen LogP contribution in [0.1, 0.15) is 16.7 Å². The van der Waals surface area contributed by atoms with E-state index in [9.17, 15) is 4.79 Å². The molecule has 0 aromatic heterocycles. The van der Waals surface area contributed by atoms with Crippen LogP contribution in [-0.4, -0.2) is 15.2 Å². The van der Waals surface area contributed by atoms with E-state index < -0.39 is 0 Å². The van der Waals surface area contributed by atoms with Crippen molar-refractivity contribution in [2.24, 2.45) is 0 Å². The molecule has 1 saturated heterocycles. The predicted octanol–water partition coefficient (Wildman–Crippen LogP) is 4.53. The zero-order valence-electron chi connectivity index (χ0n) is 12.9. The van der Waals surface area contributed by atoms with Gasteiger partial charge in [-0.15, -0.1) is 0 Å². The Hall–Kier alpha value is -2.11. The van der Waals surface area contributed by atoms with Crippen molar-refractivity contribution in [2.45, 2.75) is 13.8 Å². The lowest BCUT2D eigenvalue weighted by atomic mass is 10.1. The maximum atomic E-state index is 12.6. The highest BCUT2D eigenvalue weighted by Gasteiger charge is 2.32. The lowest BCUT2D eigenvalue weighted by Crippen LogP contribution is -2.34. The average Bonchev–Trinajstić information content (AvgIpc) is 2.79. The molecule has 0 saturated carbocycles. The lowest BCUT2D eigenvalue weighted by Gasteiger charge is -2.18. The Bertz CT molecular complexity index is 814. The van der Waals surface area contributed by atoms with Gasteiger partial charge in [0.25, 0.3) is 5.91 Å². The Kier molecular flexibility index (Phi) is 4.50. The van der Waals surface area contributed by atoms with Gasteiger partial charge in [-0.2, -0.15) is 0 Å². The average molecular weight is 340 g/mol. The number of para-hydroxylation sites is 1. The molecule has 2 aromatic carbocycles. The number of nitrogens with one attached hydrogen (secondary N) is 1. The fourth-order valence-corrected chi connectivity index (χ4v) is 3.44. The van der Waals surface area contributed by atoms with E-state index in [0.717, 1.165) is 22.4 Å². The number of carbonyl (C=O) groups excluding carboxylic acids is 1. The molecule has 1 heterocycles. The Labute approximate surface area is 145 Å². The van der Waals surface area contributed by atoms with Gasteiger partial charge < -0.3 is 0 Å². The molecule has 1 aliphatic heterocycles. The van der Waals surface area contributed by atoms with E-state index in [0.29, 0.717) is 9.23 Å². The zero-order chi connectivity index (χ0) is 16.4. The number of hydrogen-bond acceptors (Lipinski definition) is 4. The third kappa shape index (κ3) is 3.30. The van der Waals surface area contributed by atoms with Crippen LogP contribution < -0.4 is 5.43 Å². The number of benzene rings is 2. The number of amides is 1. The Morgan fingerprint density at radius 1 is 1.04 bits per heavy atom. The molecule has 0 unspecified atom stereocenters. The quantitative estimate of drug-likeness (QED) is 0.657. The minimum Gasteiger partial charge on any atom is -0.290 e. The van der Waals surface area contributed by atoms with E-state index in [1.807, 2.05) is 68.5 Å². The lowest BCUT2D eigenvalue weighted by molar-refractivity contribution is -0.121. The SMILES string of the molecule is Cc1ccccc1C=C1SC(=S)N(Nc2ccccc2C)C1=O. The van der Waals surface area contributed by atoms with Gasteiger partial charge in [0.05, 0.1) is 10.6 Å². The van der Waals surface area contributed by atoms with Gasteiger partial charge in [-0.25, -0.2) is 5.01 Å². The normalized spacial score (nSPS) is 16.3. The van der Waals surface area contributed by atoms with Gasteiger partial charge in [-0.3, -0.25) is 10.2 Å². The van der Waals surface area contributed by atoms with Gasteiger partial charge in [0, 0.05) is 0 Å². The van der Waals surface area contributed by atoms with Crippen LogP contribution in [0, 0.1) is 13.8 Å². The van der Waals surface area contributed by atoms with E-state index >= 15 is 0 Å². The molecule has 23 heavy (non-hydrogen) atoms. The van der Waals surface area contributed by atoms with Crippen LogP contribution in [0.5, 0.6) is 0 Å². The highest BCUT2D eigenvalue weighted by molar-refractivity contribution is 8.26. The molecule has 1 amide bonds. The van der Waals surface area contributed by atoms with Crippen LogP contribution >= 0.6 is 24.0 Å². The summed E-state index contributed by atoms with van der Waals surface area (Å²) in [5.41, 5.74) is 7.22. The highest BCUT2D eigenvalue weighted by atomic mass is 32.2. The maximum Gasteiger partial charge on any atom is 0.285 e. The van der Waals surface area contributed by atoms with Crippen molar-refractivity contribution in [3.63, 3.8) is 0 Å². The van der Waals surface area contributed by atoms with Crippen LogP contribution in [0.25, 0.3) is 6.08 Å². The summed E-state index contributed by atoms with van der Waals surface area (Å²) >= 11 is 6.67. The molecular weight excluding hydrogens is 324 g/mol. The van der Waals surface area contributed by atoms with Crippen molar-refractivity contribution in [3.8, 4) is 0 Å². The third-order valence-corrected chi connectivity index (χ3v) is 4.95. The van der Waals surface area contributed by atoms with E-state index in [-0.39, 0.29) is 5.91 Å². The maximum absolute atomic E-state index is 12.6. The molecule has 1 fully saturated rings. The summed E-state index contributed by atoms with van der Waals surface area (Å²) in [6.45, 7) is 4.02. The minimum atomic E-state index is -0.119. The monoisotopic (exact) mass is 340 g/mol. The summed E-state index contributed by atoms with van der Waals surface area (Å²) in [5.74, 6) is -0.119. The molecule has 3 nitrogen and oxygen atoms in total.